The van der Waals surface area contributed by atoms with Crippen LogP contribution < -0.4 is 10.2 Å². The minimum atomic E-state index is -1.45. The van der Waals surface area contributed by atoms with Crippen LogP contribution in [0, 0.1) is 29.5 Å². The smallest absolute Gasteiger partial charge is 0.260 e. The molecule has 9 nitrogen and oxygen atoms in total. The molecule has 2 heterocycles. The van der Waals surface area contributed by atoms with Gasteiger partial charge < -0.3 is 9.84 Å². The SMILES string of the molecule is CN1C(=O)[C@H]2[C@H](CC=C3[C@H]2C[C@H]2C(=O)N(Nc4ccc(F)cc4)C(=O)[C@@]2(c2ccc(Cl)cc2)[C@H]3c2ccc(OCCO)cc2)C1=O. The number of allylic oxidation sites excluding steroid dienone is 2. The van der Waals surface area contributed by atoms with E-state index < -0.39 is 52.6 Å². The van der Waals surface area contributed by atoms with Gasteiger partial charge in [-0.25, -0.2) is 4.39 Å². The van der Waals surface area contributed by atoms with Gasteiger partial charge in [-0.15, -0.1) is 0 Å². The molecule has 7 rings (SSSR count). The Morgan fingerprint density at radius 1 is 0.935 bits per heavy atom. The van der Waals surface area contributed by atoms with E-state index in [9.17, 15) is 23.9 Å². The largest absolute Gasteiger partial charge is 0.491 e. The molecule has 0 bridgehead atoms. The molecule has 236 valence electrons. The van der Waals surface area contributed by atoms with Crippen molar-refractivity contribution < 1.29 is 33.4 Å². The normalized spacial score (nSPS) is 28.5. The van der Waals surface area contributed by atoms with Crippen molar-refractivity contribution in [2.45, 2.75) is 24.2 Å². The summed E-state index contributed by atoms with van der Waals surface area (Å²) >= 11 is 6.31. The number of aliphatic hydroxyl groups is 1. The van der Waals surface area contributed by atoms with Gasteiger partial charge in [0.05, 0.1) is 35.5 Å². The second-order valence-corrected chi connectivity index (χ2v) is 12.7. The van der Waals surface area contributed by atoms with E-state index >= 15 is 4.79 Å². The van der Waals surface area contributed by atoms with E-state index in [1.165, 1.54) is 36.2 Å². The predicted molar refractivity (Wildman–Crippen MR) is 166 cm³/mol. The van der Waals surface area contributed by atoms with Gasteiger partial charge in [0.1, 0.15) is 18.2 Å². The molecular weight excluding hydrogens is 613 g/mol. The van der Waals surface area contributed by atoms with Gasteiger partial charge in [0.2, 0.25) is 11.8 Å². The van der Waals surface area contributed by atoms with Crippen LogP contribution in [0.1, 0.15) is 29.9 Å². The predicted octanol–water partition coefficient (Wildman–Crippen LogP) is 4.46. The average Bonchev–Trinajstić information content (AvgIpc) is 3.42. The highest BCUT2D eigenvalue weighted by Crippen LogP contribution is 2.64. The number of amides is 4. The van der Waals surface area contributed by atoms with Crippen molar-refractivity contribution in [1.82, 2.24) is 9.91 Å². The maximum Gasteiger partial charge on any atom is 0.260 e. The molecule has 2 aliphatic carbocycles. The lowest BCUT2D eigenvalue weighted by molar-refractivity contribution is -0.140. The number of aliphatic hydroxyl groups excluding tert-OH is 1. The minimum Gasteiger partial charge on any atom is -0.491 e. The quantitative estimate of drug-likeness (QED) is 0.288. The number of nitrogens with zero attached hydrogens (tertiary/aromatic N) is 2. The second-order valence-electron chi connectivity index (χ2n) is 12.2. The first-order valence-corrected chi connectivity index (χ1v) is 15.6. The van der Waals surface area contributed by atoms with Crippen molar-refractivity contribution in [3.8, 4) is 5.75 Å². The summed E-state index contributed by atoms with van der Waals surface area (Å²) in [6.45, 7) is -0.0475. The van der Waals surface area contributed by atoms with Gasteiger partial charge >= 0.3 is 0 Å². The number of anilines is 1. The molecule has 0 unspecified atom stereocenters. The number of fused-ring (bicyclic) bond motifs is 4. The Morgan fingerprint density at radius 2 is 1.63 bits per heavy atom. The first-order chi connectivity index (χ1) is 22.2. The number of imide groups is 2. The first kappa shape index (κ1) is 30.1. The Labute approximate surface area is 269 Å². The summed E-state index contributed by atoms with van der Waals surface area (Å²) in [5.41, 5.74) is 3.97. The second kappa shape index (κ2) is 11.4. The third-order valence-corrected chi connectivity index (χ3v) is 10.3. The molecule has 46 heavy (non-hydrogen) atoms. The van der Waals surface area contributed by atoms with Crippen molar-refractivity contribution >= 4 is 40.9 Å². The molecule has 1 saturated carbocycles. The lowest BCUT2D eigenvalue weighted by atomic mass is 9.49. The summed E-state index contributed by atoms with van der Waals surface area (Å²) < 4.78 is 19.3. The van der Waals surface area contributed by atoms with Crippen LogP contribution in [0.4, 0.5) is 10.1 Å². The number of benzene rings is 3. The van der Waals surface area contributed by atoms with Crippen LogP contribution in [-0.4, -0.2) is 58.9 Å². The molecule has 2 saturated heterocycles. The molecule has 3 fully saturated rings. The van der Waals surface area contributed by atoms with E-state index in [0.717, 1.165) is 16.1 Å². The number of hydrogen-bond acceptors (Lipinski definition) is 7. The summed E-state index contributed by atoms with van der Waals surface area (Å²) in [6.07, 6.45) is 2.49. The fourth-order valence-corrected chi connectivity index (χ4v) is 8.23. The standard InChI is InChI=1S/C35H31ClFN3O6/c1-39-31(42)26-15-14-25-27(29(26)33(39)44)18-28-32(43)40(38-23-10-8-22(37)9-11-23)34(45)35(28,20-4-6-21(36)7-5-20)30(25)19-2-12-24(13-3-19)46-17-16-41/h2-14,26-30,38,41H,15-18H2,1H3/t26-,27+,28-,29-,30-,35+/m0/s1. The Kier molecular flexibility index (Phi) is 7.44. The zero-order chi connectivity index (χ0) is 32.3. The van der Waals surface area contributed by atoms with Gasteiger partial charge in [0.25, 0.3) is 11.8 Å². The van der Waals surface area contributed by atoms with Crippen molar-refractivity contribution in [3.63, 3.8) is 0 Å². The number of ether oxygens (including phenoxy) is 1. The first-order valence-electron chi connectivity index (χ1n) is 15.2. The maximum atomic E-state index is 15.0. The van der Waals surface area contributed by atoms with Gasteiger partial charge in [-0.3, -0.25) is 29.5 Å². The average molecular weight is 644 g/mol. The van der Waals surface area contributed by atoms with Gasteiger partial charge in [0, 0.05) is 18.0 Å². The highest BCUT2D eigenvalue weighted by molar-refractivity contribution is 6.30. The lowest BCUT2D eigenvalue weighted by Gasteiger charge is -2.50. The molecule has 3 aromatic rings. The van der Waals surface area contributed by atoms with Gasteiger partial charge in [-0.2, -0.15) is 5.01 Å². The van der Waals surface area contributed by atoms with Crippen LogP contribution in [0.15, 0.2) is 84.4 Å². The maximum absolute atomic E-state index is 15.0. The molecule has 6 atom stereocenters. The van der Waals surface area contributed by atoms with Crippen LogP contribution in [0.5, 0.6) is 5.75 Å². The molecular formula is C35H31ClFN3O6. The molecule has 0 aromatic heterocycles. The summed E-state index contributed by atoms with van der Waals surface area (Å²) in [4.78, 5) is 57.4. The molecule has 2 aliphatic heterocycles. The number of rotatable bonds is 7. The summed E-state index contributed by atoms with van der Waals surface area (Å²) in [7, 11) is 1.49. The molecule has 11 heteroatoms. The third kappa shape index (κ3) is 4.46. The van der Waals surface area contributed by atoms with Crippen LogP contribution in [0.2, 0.25) is 5.02 Å². The van der Waals surface area contributed by atoms with Crippen LogP contribution >= 0.6 is 11.6 Å². The van der Waals surface area contributed by atoms with Crippen molar-refractivity contribution in [3.05, 3.63) is 106 Å². The summed E-state index contributed by atoms with van der Waals surface area (Å²) in [5, 5.41) is 10.7. The number of likely N-dealkylation sites (tertiary alicyclic amines) is 1. The van der Waals surface area contributed by atoms with Gasteiger partial charge in [0.15, 0.2) is 0 Å². The van der Waals surface area contributed by atoms with E-state index in [-0.39, 0.29) is 31.4 Å². The van der Waals surface area contributed by atoms with Gasteiger partial charge in [-0.1, -0.05) is 47.5 Å². The van der Waals surface area contributed by atoms with E-state index in [2.05, 4.69) is 5.43 Å². The van der Waals surface area contributed by atoms with Crippen LogP contribution in [-0.2, 0) is 24.6 Å². The zero-order valence-electron chi connectivity index (χ0n) is 24.9. The highest BCUT2D eigenvalue weighted by atomic mass is 35.5. The monoisotopic (exact) mass is 643 g/mol. The molecule has 3 aromatic carbocycles. The number of hydrazine groups is 1. The Balaban J connectivity index is 1.44. The minimum absolute atomic E-state index is 0.108. The van der Waals surface area contributed by atoms with Crippen molar-refractivity contribution in [1.29, 1.82) is 0 Å². The van der Waals surface area contributed by atoms with E-state index in [4.69, 9.17) is 16.3 Å². The Hall–Kier alpha value is -4.54. The van der Waals surface area contributed by atoms with Crippen LogP contribution in [0.25, 0.3) is 0 Å². The Bertz CT molecular complexity index is 1760. The number of carbonyl (C=O) groups excluding carboxylic acids is 4. The van der Waals surface area contributed by atoms with Crippen molar-refractivity contribution in [2.75, 3.05) is 25.7 Å². The van der Waals surface area contributed by atoms with E-state index in [0.29, 0.717) is 28.4 Å². The third-order valence-electron chi connectivity index (χ3n) is 10.1. The van der Waals surface area contributed by atoms with Crippen LogP contribution in [0.3, 0.4) is 0 Å². The summed E-state index contributed by atoms with van der Waals surface area (Å²) in [5.74, 6) is -4.72. The topological polar surface area (TPSA) is 116 Å². The molecule has 4 aliphatic rings. The molecule has 4 amide bonds. The summed E-state index contributed by atoms with van der Waals surface area (Å²) in [6, 6.07) is 19.4. The molecule has 2 N–H and O–H groups in total. The molecule has 0 radical (unpaired) electrons. The van der Waals surface area contributed by atoms with Crippen molar-refractivity contribution in [2.24, 2.45) is 23.7 Å². The van der Waals surface area contributed by atoms with E-state index in [1.807, 2.05) is 18.2 Å². The van der Waals surface area contributed by atoms with Gasteiger partial charge in [-0.05, 0) is 78.4 Å². The van der Waals surface area contributed by atoms with E-state index in [1.54, 1.807) is 36.4 Å². The lowest BCUT2D eigenvalue weighted by Crippen LogP contribution is -2.53. The molecule has 0 spiro atoms. The Morgan fingerprint density at radius 3 is 2.30 bits per heavy atom. The number of carbonyl (C=O) groups is 4. The number of nitrogens with one attached hydrogen (secondary N) is 1. The highest BCUT2D eigenvalue weighted by Gasteiger charge is 2.70. The zero-order valence-corrected chi connectivity index (χ0v) is 25.6. The fourth-order valence-electron chi connectivity index (χ4n) is 8.11. The fraction of sp³-hybridized carbons (Fsp3) is 0.314. The number of halogens is 2. The number of hydrogen-bond donors (Lipinski definition) is 2.